The highest BCUT2D eigenvalue weighted by atomic mass is 35.5. The first-order chi connectivity index (χ1) is 14.2. The number of carbonyl (C=O) groups excluding carboxylic acids is 1. The molecule has 1 N–H and O–H groups in total. The number of aromatic nitrogens is 2. The second kappa shape index (κ2) is 9.30. The first-order valence-electron chi connectivity index (χ1n) is 9.72. The van der Waals surface area contributed by atoms with E-state index in [9.17, 15) is 9.18 Å². The van der Waals surface area contributed by atoms with E-state index in [1.807, 2.05) is 20.8 Å². The van der Waals surface area contributed by atoms with Gasteiger partial charge in [-0.1, -0.05) is 44.5 Å². The van der Waals surface area contributed by atoms with Crippen LogP contribution in [0.1, 0.15) is 42.5 Å². The van der Waals surface area contributed by atoms with Crippen molar-refractivity contribution in [3.63, 3.8) is 0 Å². The number of hydrogen-bond donors (Lipinski definition) is 1. The summed E-state index contributed by atoms with van der Waals surface area (Å²) in [7, 11) is 0. The van der Waals surface area contributed by atoms with Crippen LogP contribution >= 0.6 is 11.6 Å². The van der Waals surface area contributed by atoms with E-state index < -0.39 is 0 Å². The average Bonchev–Trinajstić information content (AvgIpc) is 3.13. The zero-order valence-electron chi connectivity index (χ0n) is 17.3. The molecular formula is C23H25ClFN3O2. The SMILES string of the molecule is CC(C)(C)c1cc(C(=O)NCCOc2ccc(Cl)cc2)n(Cc2ccc(F)cc2)n1. The maximum absolute atomic E-state index is 13.2. The monoisotopic (exact) mass is 429 g/mol. The Labute approximate surface area is 180 Å². The Morgan fingerprint density at radius 1 is 1.13 bits per heavy atom. The van der Waals surface area contributed by atoms with Gasteiger partial charge in [-0.05, 0) is 48.0 Å². The number of nitrogens with one attached hydrogen (secondary N) is 1. The summed E-state index contributed by atoms with van der Waals surface area (Å²) in [6.45, 7) is 7.16. The summed E-state index contributed by atoms with van der Waals surface area (Å²) in [5, 5.41) is 8.13. The van der Waals surface area contributed by atoms with Gasteiger partial charge in [0.15, 0.2) is 0 Å². The third kappa shape index (κ3) is 5.83. The number of amides is 1. The van der Waals surface area contributed by atoms with E-state index in [4.69, 9.17) is 16.3 Å². The molecule has 0 bridgehead atoms. The topological polar surface area (TPSA) is 56.1 Å². The molecule has 0 saturated carbocycles. The summed E-state index contributed by atoms with van der Waals surface area (Å²) < 4.78 is 20.5. The summed E-state index contributed by atoms with van der Waals surface area (Å²) in [6.07, 6.45) is 0. The minimum Gasteiger partial charge on any atom is -0.492 e. The minimum atomic E-state index is -0.298. The van der Waals surface area contributed by atoms with Gasteiger partial charge in [-0.2, -0.15) is 5.10 Å². The molecule has 2 aromatic carbocycles. The largest absolute Gasteiger partial charge is 0.492 e. The van der Waals surface area contributed by atoms with Crippen LogP contribution in [0.5, 0.6) is 5.75 Å². The van der Waals surface area contributed by atoms with E-state index >= 15 is 0 Å². The van der Waals surface area contributed by atoms with E-state index in [1.165, 1.54) is 12.1 Å². The van der Waals surface area contributed by atoms with Gasteiger partial charge < -0.3 is 10.1 Å². The summed E-state index contributed by atoms with van der Waals surface area (Å²) in [5.41, 5.74) is 1.92. The normalized spacial score (nSPS) is 11.4. The number of halogens is 2. The Balaban J connectivity index is 1.67. The molecule has 5 nitrogen and oxygen atoms in total. The van der Waals surface area contributed by atoms with Gasteiger partial charge in [0.2, 0.25) is 0 Å². The molecule has 0 unspecified atom stereocenters. The fourth-order valence-electron chi connectivity index (χ4n) is 2.80. The molecule has 30 heavy (non-hydrogen) atoms. The third-order valence-corrected chi connectivity index (χ3v) is 4.75. The van der Waals surface area contributed by atoms with E-state index in [0.717, 1.165) is 11.3 Å². The van der Waals surface area contributed by atoms with Gasteiger partial charge in [0.25, 0.3) is 5.91 Å². The zero-order valence-corrected chi connectivity index (χ0v) is 18.0. The molecule has 7 heteroatoms. The number of ether oxygens (including phenoxy) is 1. The Morgan fingerprint density at radius 2 is 1.80 bits per heavy atom. The van der Waals surface area contributed by atoms with Crippen LogP contribution in [-0.4, -0.2) is 28.8 Å². The second-order valence-corrected chi connectivity index (χ2v) is 8.44. The van der Waals surface area contributed by atoms with E-state index in [0.29, 0.717) is 36.2 Å². The zero-order chi connectivity index (χ0) is 21.7. The van der Waals surface area contributed by atoms with E-state index in [2.05, 4.69) is 10.4 Å². The maximum atomic E-state index is 13.2. The summed E-state index contributed by atoms with van der Waals surface area (Å²) in [6, 6.07) is 15.0. The van der Waals surface area contributed by atoms with Crippen molar-refractivity contribution < 1.29 is 13.9 Å². The highest BCUT2D eigenvalue weighted by Gasteiger charge is 2.23. The van der Waals surface area contributed by atoms with Crippen LogP contribution < -0.4 is 10.1 Å². The van der Waals surface area contributed by atoms with Crippen molar-refractivity contribution in [2.24, 2.45) is 0 Å². The Hall–Kier alpha value is -2.86. The number of nitrogens with zero attached hydrogens (tertiary/aromatic N) is 2. The standard InChI is InChI=1S/C23H25ClFN3O2/c1-23(2,3)21-14-20(28(27-21)15-16-4-8-18(25)9-5-16)22(29)26-12-13-30-19-10-6-17(24)7-11-19/h4-11,14H,12-13,15H2,1-3H3,(H,26,29). The molecule has 158 valence electrons. The van der Waals surface area contributed by atoms with Gasteiger partial charge >= 0.3 is 0 Å². The lowest BCUT2D eigenvalue weighted by Crippen LogP contribution is -2.30. The fraction of sp³-hybridized carbons (Fsp3) is 0.304. The van der Waals surface area contributed by atoms with Gasteiger partial charge in [-0.15, -0.1) is 0 Å². The van der Waals surface area contributed by atoms with E-state index in [-0.39, 0.29) is 17.1 Å². The maximum Gasteiger partial charge on any atom is 0.269 e. The minimum absolute atomic E-state index is 0.208. The van der Waals surface area contributed by atoms with Crippen molar-refractivity contribution in [3.05, 3.63) is 82.4 Å². The molecule has 1 aromatic heterocycles. The third-order valence-electron chi connectivity index (χ3n) is 4.50. The lowest BCUT2D eigenvalue weighted by atomic mass is 9.92. The molecule has 0 spiro atoms. The number of benzene rings is 2. The van der Waals surface area contributed by atoms with Gasteiger partial charge in [0.05, 0.1) is 18.8 Å². The first-order valence-corrected chi connectivity index (χ1v) is 10.1. The molecule has 0 saturated heterocycles. The quantitative estimate of drug-likeness (QED) is 0.547. The highest BCUT2D eigenvalue weighted by Crippen LogP contribution is 2.22. The first kappa shape index (κ1) is 21.8. The molecule has 3 aromatic rings. The van der Waals surface area contributed by atoms with Crippen molar-refractivity contribution in [3.8, 4) is 5.75 Å². The summed E-state index contributed by atoms with van der Waals surface area (Å²) in [5.74, 6) is 0.151. The number of carbonyl (C=O) groups is 1. The molecule has 1 amide bonds. The van der Waals surface area contributed by atoms with E-state index in [1.54, 1.807) is 47.1 Å². The Morgan fingerprint density at radius 3 is 2.43 bits per heavy atom. The van der Waals surface area contributed by atoms with Crippen LogP contribution in [-0.2, 0) is 12.0 Å². The van der Waals surface area contributed by atoms with Crippen molar-refractivity contribution in [2.75, 3.05) is 13.2 Å². The smallest absolute Gasteiger partial charge is 0.269 e. The van der Waals surface area contributed by atoms with Crippen molar-refractivity contribution in [1.82, 2.24) is 15.1 Å². The highest BCUT2D eigenvalue weighted by molar-refractivity contribution is 6.30. The van der Waals surface area contributed by atoms with Crippen LogP contribution in [0.3, 0.4) is 0 Å². The Bertz CT molecular complexity index is 993. The van der Waals surface area contributed by atoms with Crippen molar-refractivity contribution >= 4 is 17.5 Å². The van der Waals surface area contributed by atoms with Crippen LogP contribution in [0.25, 0.3) is 0 Å². The van der Waals surface area contributed by atoms with Crippen LogP contribution in [0.2, 0.25) is 5.02 Å². The van der Waals surface area contributed by atoms with Crippen molar-refractivity contribution in [1.29, 1.82) is 0 Å². The molecular weight excluding hydrogens is 405 g/mol. The predicted molar refractivity (Wildman–Crippen MR) is 116 cm³/mol. The fourth-order valence-corrected chi connectivity index (χ4v) is 2.93. The molecule has 0 aliphatic heterocycles. The second-order valence-electron chi connectivity index (χ2n) is 8.01. The molecule has 1 heterocycles. The molecule has 0 aliphatic carbocycles. The van der Waals surface area contributed by atoms with Gasteiger partial charge in [-0.3, -0.25) is 9.48 Å². The molecule has 0 atom stereocenters. The predicted octanol–water partition coefficient (Wildman–Crippen LogP) is 4.83. The summed E-state index contributed by atoms with van der Waals surface area (Å²) >= 11 is 5.86. The lowest BCUT2D eigenvalue weighted by Gasteiger charge is -2.14. The Kier molecular flexibility index (Phi) is 6.77. The number of rotatable bonds is 7. The van der Waals surface area contributed by atoms with Crippen molar-refractivity contribution in [2.45, 2.75) is 32.7 Å². The van der Waals surface area contributed by atoms with Gasteiger partial charge in [-0.25, -0.2) is 4.39 Å². The van der Waals surface area contributed by atoms with Gasteiger partial charge in [0.1, 0.15) is 23.9 Å². The average molecular weight is 430 g/mol. The number of hydrogen-bond acceptors (Lipinski definition) is 3. The van der Waals surface area contributed by atoms with Crippen LogP contribution in [0, 0.1) is 5.82 Å². The molecule has 3 rings (SSSR count). The summed E-state index contributed by atoms with van der Waals surface area (Å²) in [4.78, 5) is 12.8. The lowest BCUT2D eigenvalue weighted by molar-refractivity contribution is 0.0936. The molecule has 0 aliphatic rings. The van der Waals surface area contributed by atoms with Crippen LogP contribution in [0.15, 0.2) is 54.6 Å². The van der Waals surface area contributed by atoms with Gasteiger partial charge in [0, 0.05) is 10.4 Å². The molecule has 0 fully saturated rings. The van der Waals surface area contributed by atoms with Crippen LogP contribution in [0.4, 0.5) is 4.39 Å². The molecule has 0 radical (unpaired) electrons.